The van der Waals surface area contributed by atoms with Crippen molar-refractivity contribution in [3.8, 4) is 0 Å². The van der Waals surface area contributed by atoms with E-state index in [-0.39, 0.29) is 16.1 Å². The van der Waals surface area contributed by atoms with Gasteiger partial charge in [0, 0.05) is 12.9 Å². The van der Waals surface area contributed by atoms with Crippen LogP contribution in [-0.4, -0.2) is 33.4 Å². The molecule has 1 aliphatic heterocycles. The number of hydrogen-bond donors (Lipinski definition) is 2. The highest BCUT2D eigenvalue weighted by Crippen LogP contribution is 2.31. The van der Waals surface area contributed by atoms with E-state index in [1.807, 2.05) is 6.92 Å². The molecule has 1 heterocycles. The molecule has 0 aromatic heterocycles. The summed E-state index contributed by atoms with van der Waals surface area (Å²) in [6.45, 7) is 3.33. The van der Waals surface area contributed by atoms with Gasteiger partial charge in [-0.2, -0.15) is 0 Å². The van der Waals surface area contributed by atoms with Crippen molar-refractivity contribution in [3.05, 3.63) is 18.2 Å². The summed E-state index contributed by atoms with van der Waals surface area (Å²) in [4.78, 5) is 0.162. The van der Waals surface area contributed by atoms with Crippen molar-refractivity contribution in [3.63, 3.8) is 0 Å². The van der Waals surface area contributed by atoms with Gasteiger partial charge in [0.05, 0.1) is 28.4 Å². The average Bonchev–Trinajstić information content (AvgIpc) is 2.67. The van der Waals surface area contributed by atoms with Gasteiger partial charge < -0.3 is 15.8 Å². The number of rotatable bonds is 3. The van der Waals surface area contributed by atoms with Gasteiger partial charge >= 0.3 is 0 Å². The quantitative estimate of drug-likeness (QED) is 0.808. The lowest BCUT2D eigenvalue weighted by atomic mass is 10.0. The van der Waals surface area contributed by atoms with Crippen LogP contribution in [0.25, 0.3) is 0 Å². The number of nitrogens with two attached hydrogens (primary N) is 1. The molecule has 1 aromatic carbocycles. The number of hydrogen-bond acceptors (Lipinski definition) is 5. The van der Waals surface area contributed by atoms with Crippen LogP contribution in [-0.2, 0) is 14.6 Å². The molecule has 0 spiro atoms. The molecule has 1 atom stereocenters. The van der Waals surface area contributed by atoms with Gasteiger partial charge in [-0.3, -0.25) is 0 Å². The summed E-state index contributed by atoms with van der Waals surface area (Å²) in [5.41, 5.74) is 6.65. The van der Waals surface area contributed by atoms with E-state index in [1.54, 1.807) is 12.1 Å². The molecule has 6 heteroatoms. The lowest BCUT2D eigenvalue weighted by Crippen LogP contribution is -2.35. The Hall–Kier alpha value is -1.27. The molecule has 18 heavy (non-hydrogen) atoms. The molecule has 0 saturated carbocycles. The topological polar surface area (TPSA) is 81.4 Å². The van der Waals surface area contributed by atoms with Gasteiger partial charge in [-0.15, -0.1) is 0 Å². The predicted molar refractivity (Wildman–Crippen MR) is 71.4 cm³/mol. The molecule has 1 aromatic rings. The first-order chi connectivity index (χ1) is 8.32. The first-order valence-corrected chi connectivity index (χ1v) is 7.65. The lowest BCUT2D eigenvalue weighted by Gasteiger charge is -2.26. The zero-order valence-electron chi connectivity index (χ0n) is 10.6. The van der Waals surface area contributed by atoms with Crippen LogP contribution < -0.4 is 11.1 Å². The molecule has 0 radical (unpaired) electrons. The summed E-state index contributed by atoms with van der Waals surface area (Å²) in [7, 11) is -3.31. The van der Waals surface area contributed by atoms with E-state index >= 15 is 0 Å². The summed E-state index contributed by atoms with van der Waals surface area (Å²) in [5.74, 6) is 0. The average molecular weight is 270 g/mol. The highest BCUT2D eigenvalue weighted by molar-refractivity contribution is 7.90. The van der Waals surface area contributed by atoms with Gasteiger partial charge in [0.2, 0.25) is 0 Å². The number of nitrogen functional groups attached to an aromatic ring is 1. The molecule has 1 fully saturated rings. The largest absolute Gasteiger partial charge is 0.396 e. The maximum atomic E-state index is 11.6. The Kier molecular flexibility index (Phi) is 3.25. The minimum atomic E-state index is -3.31. The van der Waals surface area contributed by atoms with E-state index in [9.17, 15) is 8.42 Å². The second kappa shape index (κ2) is 4.44. The van der Waals surface area contributed by atoms with Crippen LogP contribution in [0.2, 0.25) is 0 Å². The number of para-hydroxylation sites is 1. The highest BCUT2D eigenvalue weighted by atomic mass is 32.2. The normalized spacial score (nSPS) is 24.1. The van der Waals surface area contributed by atoms with E-state index in [4.69, 9.17) is 10.5 Å². The zero-order valence-corrected chi connectivity index (χ0v) is 11.4. The molecule has 100 valence electrons. The third-order valence-corrected chi connectivity index (χ3v) is 4.28. The number of sulfone groups is 1. The van der Waals surface area contributed by atoms with Gasteiger partial charge in [0.25, 0.3) is 0 Å². The summed E-state index contributed by atoms with van der Waals surface area (Å²) in [6, 6.07) is 4.99. The molecule has 0 amide bonds. The minimum absolute atomic E-state index is 0.162. The van der Waals surface area contributed by atoms with Crippen molar-refractivity contribution in [2.45, 2.75) is 23.8 Å². The van der Waals surface area contributed by atoms with Crippen molar-refractivity contribution in [1.29, 1.82) is 0 Å². The number of benzene rings is 1. The molecule has 5 nitrogen and oxygen atoms in total. The molecule has 1 saturated heterocycles. The van der Waals surface area contributed by atoms with Gasteiger partial charge in [-0.05, 0) is 25.5 Å². The summed E-state index contributed by atoms with van der Waals surface area (Å²) in [6.07, 6.45) is 2.03. The Balaban J connectivity index is 2.35. The van der Waals surface area contributed by atoms with Crippen LogP contribution in [0.1, 0.15) is 13.3 Å². The van der Waals surface area contributed by atoms with E-state index in [0.717, 1.165) is 12.7 Å². The predicted octanol–water partition coefficient (Wildman–Crippen LogP) is 1.26. The molecular weight excluding hydrogens is 252 g/mol. The maximum absolute atomic E-state index is 11.6. The van der Waals surface area contributed by atoms with Crippen molar-refractivity contribution in [1.82, 2.24) is 0 Å². The molecular formula is C12H18N2O3S. The molecule has 1 unspecified atom stereocenters. The maximum Gasteiger partial charge on any atom is 0.177 e. The summed E-state index contributed by atoms with van der Waals surface area (Å²) >= 11 is 0. The fourth-order valence-corrected chi connectivity index (χ4v) is 2.90. The fourth-order valence-electron chi connectivity index (χ4n) is 2.07. The van der Waals surface area contributed by atoms with E-state index < -0.39 is 9.84 Å². The van der Waals surface area contributed by atoms with Crippen molar-refractivity contribution < 1.29 is 13.2 Å². The zero-order chi connectivity index (χ0) is 13.4. The molecule has 0 aliphatic carbocycles. The third kappa shape index (κ3) is 2.59. The van der Waals surface area contributed by atoms with Crippen LogP contribution in [0.5, 0.6) is 0 Å². The standard InChI is InChI=1S/C12H18N2O3S/c1-12(6-7-17-8-12)14-9-4-3-5-10(11(9)13)18(2,15)16/h3-5,14H,6-8,13H2,1-2H3. The highest BCUT2D eigenvalue weighted by Gasteiger charge is 2.30. The Morgan fingerprint density at radius 2 is 2.17 bits per heavy atom. The SMILES string of the molecule is CC1(Nc2cccc(S(C)(=O)=O)c2N)CCOC1. The minimum Gasteiger partial charge on any atom is -0.396 e. The molecule has 0 bridgehead atoms. The fraction of sp³-hybridized carbons (Fsp3) is 0.500. The van der Waals surface area contributed by atoms with Gasteiger partial charge in [0.15, 0.2) is 9.84 Å². The van der Waals surface area contributed by atoms with E-state index in [0.29, 0.717) is 18.9 Å². The second-order valence-electron chi connectivity index (χ2n) is 4.98. The first-order valence-electron chi connectivity index (χ1n) is 5.76. The van der Waals surface area contributed by atoms with Crippen molar-refractivity contribution in [2.75, 3.05) is 30.5 Å². The summed E-state index contributed by atoms with van der Waals surface area (Å²) in [5, 5.41) is 3.28. The van der Waals surface area contributed by atoms with Gasteiger partial charge in [0.1, 0.15) is 0 Å². The van der Waals surface area contributed by atoms with Crippen molar-refractivity contribution in [2.24, 2.45) is 0 Å². The van der Waals surface area contributed by atoms with Crippen LogP contribution in [0.3, 0.4) is 0 Å². The smallest absolute Gasteiger partial charge is 0.177 e. The van der Waals surface area contributed by atoms with Crippen LogP contribution in [0.4, 0.5) is 11.4 Å². The van der Waals surface area contributed by atoms with Crippen molar-refractivity contribution >= 4 is 21.2 Å². The van der Waals surface area contributed by atoms with Gasteiger partial charge in [-0.1, -0.05) is 6.07 Å². The first kappa shape index (κ1) is 13.2. The second-order valence-corrected chi connectivity index (χ2v) is 6.96. The van der Waals surface area contributed by atoms with E-state index in [2.05, 4.69) is 5.32 Å². The third-order valence-electron chi connectivity index (χ3n) is 3.12. The number of ether oxygens (including phenoxy) is 1. The van der Waals surface area contributed by atoms with Gasteiger partial charge in [-0.25, -0.2) is 8.42 Å². The Bertz CT molecular complexity index is 548. The lowest BCUT2D eigenvalue weighted by molar-refractivity contribution is 0.185. The molecule has 3 N–H and O–H groups in total. The Morgan fingerprint density at radius 1 is 1.44 bits per heavy atom. The van der Waals surface area contributed by atoms with Crippen LogP contribution in [0, 0.1) is 0 Å². The Morgan fingerprint density at radius 3 is 2.72 bits per heavy atom. The summed E-state index contributed by atoms with van der Waals surface area (Å²) < 4.78 is 28.5. The number of nitrogens with one attached hydrogen (secondary N) is 1. The van der Waals surface area contributed by atoms with Crippen LogP contribution >= 0.6 is 0 Å². The van der Waals surface area contributed by atoms with E-state index in [1.165, 1.54) is 6.07 Å². The Labute approximate surface area is 107 Å². The molecule has 1 aliphatic rings. The molecule has 2 rings (SSSR count). The van der Waals surface area contributed by atoms with Crippen LogP contribution in [0.15, 0.2) is 23.1 Å². The monoisotopic (exact) mass is 270 g/mol. The number of anilines is 2.